The van der Waals surface area contributed by atoms with Crippen LogP contribution in [-0.4, -0.2) is 17.6 Å². The molecule has 26 heavy (non-hydrogen) atoms. The zero-order valence-corrected chi connectivity index (χ0v) is 14.2. The van der Waals surface area contributed by atoms with Crippen molar-refractivity contribution in [1.82, 2.24) is 0 Å². The van der Waals surface area contributed by atoms with Crippen LogP contribution in [0, 0.1) is 0 Å². The quantitative estimate of drug-likeness (QED) is 0.815. The molecule has 0 amide bonds. The predicted octanol–water partition coefficient (Wildman–Crippen LogP) is 4.93. The Kier molecular flexibility index (Phi) is 5.53. The molecule has 0 aromatic heterocycles. The molecule has 140 valence electrons. The van der Waals surface area contributed by atoms with Gasteiger partial charge >= 0.3 is 6.36 Å². The van der Waals surface area contributed by atoms with Gasteiger partial charge in [0.25, 0.3) is 0 Å². The summed E-state index contributed by atoms with van der Waals surface area (Å²) in [6.45, 7) is 0.535. The number of alkyl halides is 3. The Bertz CT molecular complexity index is 690. The lowest BCUT2D eigenvalue weighted by Crippen LogP contribution is -2.34. The Morgan fingerprint density at radius 2 is 1.58 bits per heavy atom. The lowest BCUT2D eigenvalue weighted by atomic mass is 9.78. The van der Waals surface area contributed by atoms with Gasteiger partial charge in [0.05, 0.1) is 18.3 Å². The number of halogens is 3. The Morgan fingerprint density at radius 1 is 0.962 bits per heavy atom. The number of hydrogen-bond acceptors (Lipinski definition) is 3. The fraction of sp³-hybridized carbons (Fsp3) is 0.400. The first-order chi connectivity index (χ1) is 12.3. The van der Waals surface area contributed by atoms with Crippen LogP contribution in [0.3, 0.4) is 0 Å². The highest BCUT2D eigenvalue weighted by Gasteiger charge is 2.36. The van der Waals surface area contributed by atoms with Crippen molar-refractivity contribution in [2.24, 2.45) is 0 Å². The first kappa shape index (κ1) is 18.7. The minimum Gasteiger partial charge on any atom is -0.406 e. The highest BCUT2D eigenvalue weighted by atomic mass is 19.4. The molecule has 0 radical (unpaired) electrons. The number of aliphatic hydroxyl groups is 1. The fourth-order valence-corrected chi connectivity index (χ4v) is 3.28. The molecule has 6 heteroatoms. The molecule has 0 aliphatic heterocycles. The van der Waals surface area contributed by atoms with Crippen LogP contribution in [0.2, 0.25) is 0 Å². The molecule has 1 aliphatic rings. The van der Waals surface area contributed by atoms with Gasteiger partial charge in [-0.25, -0.2) is 0 Å². The van der Waals surface area contributed by atoms with Crippen LogP contribution >= 0.6 is 0 Å². The summed E-state index contributed by atoms with van der Waals surface area (Å²) < 4.78 is 46.5. The van der Waals surface area contributed by atoms with Crippen molar-refractivity contribution < 1.29 is 27.8 Å². The van der Waals surface area contributed by atoms with E-state index in [0.29, 0.717) is 37.9 Å². The summed E-state index contributed by atoms with van der Waals surface area (Å²) in [7, 11) is 0. The van der Waals surface area contributed by atoms with E-state index in [9.17, 15) is 18.3 Å². The number of benzene rings is 2. The molecular formula is C20H21F3O3. The normalized spacial score (nSPS) is 23.6. The molecule has 1 N–H and O–H groups in total. The van der Waals surface area contributed by atoms with Crippen molar-refractivity contribution >= 4 is 0 Å². The van der Waals surface area contributed by atoms with Crippen LogP contribution in [0.4, 0.5) is 13.2 Å². The molecule has 1 aliphatic carbocycles. The molecule has 0 unspecified atom stereocenters. The van der Waals surface area contributed by atoms with E-state index in [1.54, 1.807) is 0 Å². The maximum absolute atomic E-state index is 12.2. The van der Waals surface area contributed by atoms with Crippen LogP contribution < -0.4 is 4.74 Å². The van der Waals surface area contributed by atoms with Gasteiger partial charge in [-0.3, -0.25) is 0 Å². The smallest absolute Gasteiger partial charge is 0.406 e. The second-order valence-corrected chi connectivity index (χ2v) is 6.60. The third kappa shape index (κ3) is 4.99. The first-order valence-electron chi connectivity index (χ1n) is 8.58. The number of rotatable bonds is 5. The number of hydrogen-bond donors (Lipinski definition) is 1. The average molecular weight is 366 g/mol. The molecule has 1 fully saturated rings. The van der Waals surface area contributed by atoms with Gasteiger partial charge in [-0.15, -0.1) is 13.2 Å². The summed E-state index contributed by atoms with van der Waals surface area (Å²) in [5.74, 6) is -0.287. The van der Waals surface area contributed by atoms with E-state index in [1.165, 1.54) is 24.3 Å². The van der Waals surface area contributed by atoms with E-state index in [0.717, 1.165) is 5.56 Å². The summed E-state index contributed by atoms with van der Waals surface area (Å²) >= 11 is 0. The Hall–Kier alpha value is -2.05. The monoisotopic (exact) mass is 366 g/mol. The molecule has 3 nitrogen and oxygen atoms in total. The highest BCUT2D eigenvalue weighted by molar-refractivity contribution is 5.31. The van der Waals surface area contributed by atoms with E-state index in [1.807, 2.05) is 30.3 Å². The van der Waals surface area contributed by atoms with Gasteiger partial charge in [-0.1, -0.05) is 42.5 Å². The van der Waals surface area contributed by atoms with Crippen molar-refractivity contribution in [2.45, 2.75) is 50.4 Å². The molecule has 0 saturated heterocycles. The van der Waals surface area contributed by atoms with Crippen LogP contribution in [0.15, 0.2) is 54.6 Å². The Labute approximate surface area is 150 Å². The van der Waals surface area contributed by atoms with E-state index in [-0.39, 0.29) is 11.9 Å². The third-order valence-corrected chi connectivity index (χ3v) is 4.71. The molecule has 3 rings (SSSR count). The summed E-state index contributed by atoms with van der Waals surface area (Å²) in [5.41, 5.74) is 0.672. The molecule has 2 aromatic carbocycles. The van der Waals surface area contributed by atoms with E-state index >= 15 is 0 Å². The second-order valence-electron chi connectivity index (χ2n) is 6.60. The zero-order valence-electron chi connectivity index (χ0n) is 14.2. The van der Waals surface area contributed by atoms with Crippen molar-refractivity contribution in [1.29, 1.82) is 0 Å². The lowest BCUT2D eigenvalue weighted by molar-refractivity contribution is -0.274. The highest BCUT2D eigenvalue weighted by Crippen LogP contribution is 2.39. The molecule has 2 aromatic rings. The summed E-state index contributed by atoms with van der Waals surface area (Å²) in [4.78, 5) is 0. The van der Waals surface area contributed by atoms with Crippen LogP contribution in [0.1, 0.15) is 36.8 Å². The molecule has 1 saturated carbocycles. The topological polar surface area (TPSA) is 38.7 Å². The molecule has 0 bridgehead atoms. The summed E-state index contributed by atoms with van der Waals surface area (Å²) in [6, 6.07) is 15.3. The van der Waals surface area contributed by atoms with Gasteiger partial charge < -0.3 is 14.6 Å². The summed E-state index contributed by atoms with van der Waals surface area (Å²) in [6.07, 6.45) is -2.23. The SMILES string of the molecule is OC1(c2ccc(OC(F)(F)F)cc2)CCC(OCc2ccccc2)CC1. The van der Waals surface area contributed by atoms with Gasteiger partial charge in [0.2, 0.25) is 0 Å². The maximum atomic E-state index is 12.2. The molecular weight excluding hydrogens is 345 g/mol. The van der Waals surface area contributed by atoms with Crippen molar-refractivity contribution in [2.75, 3.05) is 0 Å². The molecule has 0 heterocycles. The van der Waals surface area contributed by atoms with E-state index in [2.05, 4.69) is 4.74 Å². The molecule has 0 atom stereocenters. The average Bonchev–Trinajstić information content (AvgIpc) is 2.61. The third-order valence-electron chi connectivity index (χ3n) is 4.71. The van der Waals surface area contributed by atoms with Crippen molar-refractivity contribution in [3.8, 4) is 5.75 Å². The van der Waals surface area contributed by atoms with E-state index < -0.39 is 12.0 Å². The first-order valence-corrected chi connectivity index (χ1v) is 8.58. The van der Waals surface area contributed by atoms with E-state index in [4.69, 9.17) is 4.74 Å². The zero-order chi connectivity index (χ0) is 18.6. The molecule has 0 spiro atoms. The Balaban J connectivity index is 1.54. The van der Waals surface area contributed by atoms with Crippen molar-refractivity contribution in [3.05, 3.63) is 65.7 Å². The summed E-state index contributed by atoms with van der Waals surface area (Å²) in [5, 5.41) is 10.9. The van der Waals surface area contributed by atoms with Crippen LogP contribution in [0.25, 0.3) is 0 Å². The van der Waals surface area contributed by atoms with Gasteiger partial charge in [0.1, 0.15) is 5.75 Å². The van der Waals surface area contributed by atoms with Gasteiger partial charge in [0.15, 0.2) is 0 Å². The largest absolute Gasteiger partial charge is 0.573 e. The lowest BCUT2D eigenvalue weighted by Gasteiger charge is -2.36. The van der Waals surface area contributed by atoms with Crippen molar-refractivity contribution in [3.63, 3.8) is 0 Å². The second kappa shape index (κ2) is 7.68. The van der Waals surface area contributed by atoms with Gasteiger partial charge in [0, 0.05) is 0 Å². The van der Waals surface area contributed by atoms with Crippen LogP contribution in [0.5, 0.6) is 5.75 Å². The van der Waals surface area contributed by atoms with Gasteiger partial charge in [-0.2, -0.15) is 0 Å². The van der Waals surface area contributed by atoms with Gasteiger partial charge in [-0.05, 0) is 48.9 Å². The fourth-order valence-electron chi connectivity index (χ4n) is 3.28. The Morgan fingerprint density at radius 3 is 2.15 bits per heavy atom. The predicted molar refractivity (Wildman–Crippen MR) is 90.5 cm³/mol. The van der Waals surface area contributed by atoms with Crippen LogP contribution in [-0.2, 0) is 16.9 Å². The standard InChI is InChI=1S/C20H21F3O3/c21-20(22,23)26-18-8-6-16(7-9-18)19(24)12-10-17(11-13-19)25-14-15-4-2-1-3-5-15/h1-9,17,24H,10-14H2. The minimum atomic E-state index is -4.72. The minimum absolute atomic E-state index is 0.0725. The number of ether oxygens (including phenoxy) is 2. The maximum Gasteiger partial charge on any atom is 0.573 e.